The number of nitrogens with zero attached hydrogens (tertiary/aromatic N) is 1. The molecule has 1 aromatic rings. The van der Waals surface area contributed by atoms with Crippen molar-refractivity contribution in [3.8, 4) is 0 Å². The second-order valence-electron chi connectivity index (χ2n) is 8.92. The molecule has 5 nitrogen and oxygen atoms in total. The fourth-order valence-corrected chi connectivity index (χ4v) is 6.68. The van der Waals surface area contributed by atoms with Crippen LogP contribution in [0.3, 0.4) is 0 Å². The van der Waals surface area contributed by atoms with Crippen LogP contribution in [-0.4, -0.2) is 32.7 Å². The summed E-state index contributed by atoms with van der Waals surface area (Å²) >= 11 is 0. The number of hydrogen-bond donors (Lipinski definition) is 1. The zero-order valence-electron chi connectivity index (χ0n) is 15.8. The Kier molecular flexibility index (Phi) is 4.19. The smallest absolute Gasteiger partial charge is 0.242 e. The number of amides is 1. The van der Waals surface area contributed by atoms with Crippen LogP contribution in [0, 0.1) is 30.1 Å². The number of anilines is 1. The van der Waals surface area contributed by atoms with E-state index in [0.717, 1.165) is 24.8 Å². The summed E-state index contributed by atoms with van der Waals surface area (Å²) in [6.07, 6.45) is 6.88. The first-order valence-electron chi connectivity index (χ1n) is 9.54. The zero-order valence-corrected chi connectivity index (χ0v) is 16.6. The van der Waals surface area contributed by atoms with Crippen molar-refractivity contribution in [3.63, 3.8) is 0 Å². The van der Waals surface area contributed by atoms with E-state index >= 15 is 0 Å². The quantitative estimate of drug-likeness (QED) is 0.876. The van der Waals surface area contributed by atoms with Crippen LogP contribution in [0.4, 0.5) is 5.69 Å². The normalized spacial score (nSPS) is 32.8. The van der Waals surface area contributed by atoms with Crippen molar-refractivity contribution in [3.05, 3.63) is 23.8 Å². The van der Waals surface area contributed by atoms with Gasteiger partial charge in [-0.25, -0.2) is 12.7 Å². The summed E-state index contributed by atoms with van der Waals surface area (Å²) in [5.41, 5.74) is 1.27. The molecule has 0 aromatic heterocycles. The zero-order chi connectivity index (χ0) is 18.7. The van der Waals surface area contributed by atoms with Crippen LogP contribution < -0.4 is 5.32 Å². The topological polar surface area (TPSA) is 66.5 Å². The van der Waals surface area contributed by atoms with Gasteiger partial charge in [-0.2, -0.15) is 0 Å². The van der Waals surface area contributed by atoms with Crippen LogP contribution in [0.15, 0.2) is 23.1 Å². The van der Waals surface area contributed by atoms with E-state index in [9.17, 15) is 13.2 Å². The van der Waals surface area contributed by atoms with E-state index in [0.29, 0.717) is 23.4 Å². The number of hydrogen-bond acceptors (Lipinski definition) is 3. The van der Waals surface area contributed by atoms with Crippen molar-refractivity contribution >= 4 is 21.6 Å². The molecule has 0 saturated heterocycles. The second kappa shape index (κ2) is 6.06. The minimum absolute atomic E-state index is 0.0964. The molecule has 0 spiro atoms. The van der Waals surface area contributed by atoms with Crippen LogP contribution >= 0.6 is 0 Å². The first-order chi connectivity index (χ1) is 12.2. The SMILES string of the molecule is Cc1ccc(S(=O)(=O)N(C)C)cc1NC(=O)C12CC3CC(CC(C3)C1)C2. The van der Waals surface area contributed by atoms with Gasteiger partial charge in [-0.15, -0.1) is 0 Å². The lowest BCUT2D eigenvalue weighted by atomic mass is 9.49. The molecule has 1 aromatic carbocycles. The number of benzene rings is 1. The van der Waals surface area contributed by atoms with Gasteiger partial charge in [-0.05, 0) is 80.9 Å². The summed E-state index contributed by atoms with van der Waals surface area (Å²) in [7, 11) is -0.481. The number of carbonyl (C=O) groups excluding carboxylic acids is 1. The average Bonchev–Trinajstić information content (AvgIpc) is 2.55. The monoisotopic (exact) mass is 376 g/mol. The molecule has 142 valence electrons. The Bertz CT molecular complexity index is 809. The fraction of sp³-hybridized carbons (Fsp3) is 0.650. The molecule has 4 fully saturated rings. The van der Waals surface area contributed by atoms with Crippen molar-refractivity contribution < 1.29 is 13.2 Å². The number of carbonyl (C=O) groups is 1. The summed E-state index contributed by atoms with van der Waals surface area (Å²) in [4.78, 5) is 13.5. The molecule has 0 aliphatic heterocycles. The minimum atomic E-state index is -3.51. The van der Waals surface area contributed by atoms with Crippen LogP contribution in [0.5, 0.6) is 0 Å². The number of nitrogens with one attached hydrogen (secondary N) is 1. The molecule has 0 unspecified atom stereocenters. The van der Waals surface area contributed by atoms with Gasteiger partial charge in [0, 0.05) is 19.8 Å². The first kappa shape index (κ1) is 18.0. The Balaban J connectivity index is 1.60. The highest BCUT2D eigenvalue weighted by atomic mass is 32.2. The second-order valence-corrected chi connectivity index (χ2v) is 11.1. The van der Waals surface area contributed by atoms with E-state index < -0.39 is 10.0 Å². The molecular formula is C20H28N2O3S. The molecule has 4 aliphatic carbocycles. The van der Waals surface area contributed by atoms with Crippen molar-refractivity contribution in [2.45, 2.75) is 50.3 Å². The Labute approximate surface area is 156 Å². The molecule has 1 N–H and O–H groups in total. The fourth-order valence-electron chi connectivity index (χ4n) is 5.75. The van der Waals surface area contributed by atoms with Crippen LogP contribution in [-0.2, 0) is 14.8 Å². The van der Waals surface area contributed by atoms with Gasteiger partial charge in [0.1, 0.15) is 0 Å². The molecule has 4 bridgehead atoms. The summed E-state index contributed by atoms with van der Waals surface area (Å²) in [6.45, 7) is 1.90. The molecule has 26 heavy (non-hydrogen) atoms. The Morgan fingerprint density at radius 1 is 1.08 bits per heavy atom. The van der Waals surface area contributed by atoms with Crippen molar-refractivity contribution in [1.82, 2.24) is 4.31 Å². The van der Waals surface area contributed by atoms with E-state index in [4.69, 9.17) is 0 Å². The molecule has 4 saturated carbocycles. The molecule has 1 amide bonds. The molecule has 6 heteroatoms. The lowest BCUT2D eigenvalue weighted by Crippen LogP contribution is -2.51. The standard InChI is InChI=1S/C20H28N2O3S/c1-13-4-5-17(26(24,25)22(2)3)9-18(13)21-19(23)20-10-14-6-15(11-20)8-16(7-14)12-20/h4-5,9,14-16H,6-8,10-12H2,1-3H3,(H,21,23). The molecule has 5 rings (SSSR count). The minimum Gasteiger partial charge on any atom is -0.325 e. The van der Waals surface area contributed by atoms with E-state index in [1.54, 1.807) is 18.2 Å². The molecular weight excluding hydrogens is 348 g/mol. The van der Waals surface area contributed by atoms with Gasteiger partial charge in [-0.1, -0.05) is 6.07 Å². The van der Waals surface area contributed by atoms with Gasteiger partial charge >= 0.3 is 0 Å². The van der Waals surface area contributed by atoms with Crippen molar-refractivity contribution in [2.75, 3.05) is 19.4 Å². The Morgan fingerprint density at radius 3 is 2.12 bits per heavy atom. The highest BCUT2D eigenvalue weighted by Crippen LogP contribution is 2.60. The molecule has 0 heterocycles. The van der Waals surface area contributed by atoms with E-state index in [1.165, 1.54) is 37.7 Å². The Morgan fingerprint density at radius 2 is 1.62 bits per heavy atom. The summed E-state index contributed by atoms with van der Waals surface area (Å²) in [5.74, 6) is 2.20. The van der Waals surface area contributed by atoms with E-state index in [-0.39, 0.29) is 16.2 Å². The largest absolute Gasteiger partial charge is 0.325 e. The maximum Gasteiger partial charge on any atom is 0.242 e. The molecule has 0 radical (unpaired) electrons. The van der Waals surface area contributed by atoms with Gasteiger partial charge in [0.2, 0.25) is 15.9 Å². The third-order valence-corrected chi connectivity index (χ3v) is 8.57. The third kappa shape index (κ3) is 2.87. The van der Waals surface area contributed by atoms with Crippen LogP contribution in [0.25, 0.3) is 0 Å². The predicted octanol–water partition coefficient (Wildman–Crippen LogP) is 3.40. The van der Waals surface area contributed by atoms with Gasteiger partial charge < -0.3 is 5.32 Å². The van der Waals surface area contributed by atoms with Crippen LogP contribution in [0.2, 0.25) is 0 Å². The van der Waals surface area contributed by atoms with Gasteiger partial charge in [0.05, 0.1) is 10.3 Å². The summed E-state index contributed by atoms with van der Waals surface area (Å²) in [5, 5.41) is 3.10. The van der Waals surface area contributed by atoms with E-state index in [2.05, 4.69) is 5.32 Å². The van der Waals surface area contributed by atoms with Crippen molar-refractivity contribution in [2.24, 2.45) is 23.2 Å². The van der Waals surface area contributed by atoms with E-state index in [1.807, 2.05) is 6.92 Å². The average molecular weight is 377 g/mol. The lowest BCUT2D eigenvalue weighted by molar-refractivity contribution is -0.140. The predicted molar refractivity (Wildman–Crippen MR) is 101 cm³/mol. The summed E-state index contributed by atoms with van der Waals surface area (Å²) < 4.78 is 26.0. The highest BCUT2D eigenvalue weighted by Gasteiger charge is 2.54. The van der Waals surface area contributed by atoms with Crippen LogP contribution in [0.1, 0.15) is 44.1 Å². The van der Waals surface area contributed by atoms with Crippen molar-refractivity contribution in [1.29, 1.82) is 0 Å². The first-order valence-corrected chi connectivity index (χ1v) is 11.0. The van der Waals surface area contributed by atoms with Gasteiger partial charge in [-0.3, -0.25) is 4.79 Å². The summed E-state index contributed by atoms with van der Waals surface area (Å²) in [6, 6.07) is 4.97. The lowest BCUT2D eigenvalue weighted by Gasteiger charge is -2.55. The number of aryl methyl sites for hydroxylation is 1. The number of sulfonamides is 1. The highest BCUT2D eigenvalue weighted by molar-refractivity contribution is 7.89. The Hall–Kier alpha value is -1.40. The molecule has 4 aliphatic rings. The maximum atomic E-state index is 13.2. The number of rotatable bonds is 4. The molecule has 0 atom stereocenters. The van der Waals surface area contributed by atoms with Gasteiger partial charge in [0.25, 0.3) is 0 Å². The van der Waals surface area contributed by atoms with Gasteiger partial charge in [0.15, 0.2) is 0 Å². The third-order valence-electron chi connectivity index (χ3n) is 6.76. The maximum absolute atomic E-state index is 13.2.